The van der Waals surface area contributed by atoms with Crippen molar-refractivity contribution in [3.05, 3.63) is 10.6 Å². The van der Waals surface area contributed by atoms with Crippen LogP contribution in [0.5, 0.6) is 0 Å². The molecule has 0 aliphatic carbocycles. The van der Waals surface area contributed by atoms with Crippen molar-refractivity contribution in [1.29, 1.82) is 0 Å². The monoisotopic (exact) mass is 284 g/mol. The molecule has 4 nitrogen and oxygen atoms in total. The predicted octanol–water partition coefficient (Wildman–Crippen LogP) is 2.66. The van der Waals surface area contributed by atoms with Crippen molar-refractivity contribution >= 4 is 11.5 Å². The predicted molar refractivity (Wildman–Crippen MR) is 82.7 cm³/mol. The van der Waals surface area contributed by atoms with Crippen molar-refractivity contribution in [3.63, 3.8) is 0 Å². The minimum atomic E-state index is 0.0885. The van der Waals surface area contributed by atoms with Gasteiger partial charge in [0.25, 0.3) is 0 Å². The van der Waals surface area contributed by atoms with Crippen molar-refractivity contribution in [2.45, 2.75) is 53.0 Å². The number of aromatic nitrogens is 2. The fraction of sp³-hybridized carbons (Fsp3) is 0.857. The van der Waals surface area contributed by atoms with E-state index in [1.807, 2.05) is 0 Å². The average molecular weight is 284 g/mol. The number of hydrogen-bond donors (Lipinski definition) is 1. The molecule has 0 spiro atoms. The summed E-state index contributed by atoms with van der Waals surface area (Å²) in [6, 6.07) is 0. The van der Waals surface area contributed by atoms with E-state index in [0.717, 1.165) is 31.9 Å². The normalized spacial score (nSPS) is 12.3. The summed E-state index contributed by atoms with van der Waals surface area (Å²) in [7, 11) is 0. The maximum atomic E-state index is 4.26. The maximum absolute atomic E-state index is 4.26. The standard InChI is InChI=1S/C14H28N4S/c1-6-18(7-2)10-8-9-15-11-12-13(14(3,4)5)16-17-19-12/h15H,6-11H2,1-5H3. The molecule has 0 aromatic carbocycles. The van der Waals surface area contributed by atoms with Gasteiger partial charge in [-0.25, -0.2) is 0 Å². The van der Waals surface area contributed by atoms with E-state index in [1.54, 1.807) is 0 Å². The zero-order chi connectivity index (χ0) is 14.3. The second kappa shape index (κ2) is 7.92. The van der Waals surface area contributed by atoms with Gasteiger partial charge in [-0.1, -0.05) is 39.1 Å². The highest BCUT2D eigenvalue weighted by Crippen LogP contribution is 2.25. The molecule has 0 unspecified atom stereocenters. The molecule has 19 heavy (non-hydrogen) atoms. The van der Waals surface area contributed by atoms with Gasteiger partial charge in [0, 0.05) is 12.0 Å². The molecule has 0 aliphatic heterocycles. The molecule has 0 fully saturated rings. The van der Waals surface area contributed by atoms with E-state index in [1.165, 1.54) is 29.4 Å². The lowest BCUT2D eigenvalue weighted by atomic mass is 9.91. The summed E-state index contributed by atoms with van der Waals surface area (Å²) in [5, 5.41) is 7.77. The molecule has 5 heteroatoms. The summed E-state index contributed by atoms with van der Waals surface area (Å²) in [5.74, 6) is 0. The lowest BCUT2D eigenvalue weighted by Gasteiger charge is -2.18. The van der Waals surface area contributed by atoms with Crippen LogP contribution < -0.4 is 5.32 Å². The zero-order valence-corrected chi connectivity index (χ0v) is 13.8. The van der Waals surface area contributed by atoms with Gasteiger partial charge in [-0.2, -0.15) is 0 Å². The fourth-order valence-corrected chi connectivity index (χ4v) is 2.88. The molecule has 1 heterocycles. The first-order chi connectivity index (χ1) is 8.99. The summed E-state index contributed by atoms with van der Waals surface area (Å²) in [6.45, 7) is 16.4. The van der Waals surface area contributed by atoms with Crippen LogP contribution in [-0.2, 0) is 12.0 Å². The molecule has 0 radical (unpaired) electrons. The van der Waals surface area contributed by atoms with Crippen LogP contribution in [0.2, 0.25) is 0 Å². The van der Waals surface area contributed by atoms with Crippen molar-refractivity contribution in [2.24, 2.45) is 0 Å². The number of nitrogens with one attached hydrogen (secondary N) is 1. The van der Waals surface area contributed by atoms with Gasteiger partial charge >= 0.3 is 0 Å². The average Bonchev–Trinajstić information content (AvgIpc) is 2.82. The molecule has 0 atom stereocenters. The molecule has 110 valence electrons. The second-order valence-corrected chi connectivity index (χ2v) is 6.69. The van der Waals surface area contributed by atoms with Gasteiger partial charge in [0.2, 0.25) is 0 Å². The topological polar surface area (TPSA) is 41.0 Å². The molecule has 1 N–H and O–H groups in total. The Bertz CT molecular complexity index is 353. The summed E-state index contributed by atoms with van der Waals surface area (Å²) in [4.78, 5) is 3.73. The molecule has 0 amide bonds. The third-order valence-corrected chi connectivity index (χ3v) is 4.00. The van der Waals surface area contributed by atoms with Crippen molar-refractivity contribution in [3.8, 4) is 0 Å². The first kappa shape index (κ1) is 16.5. The van der Waals surface area contributed by atoms with Gasteiger partial charge in [-0.05, 0) is 44.1 Å². The SMILES string of the molecule is CCN(CC)CCCNCc1snnc1C(C)(C)C. The first-order valence-corrected chi connectivity index (χ1v) is 8.01. The van der Waals surface area contributed by atoms with Crippen molar-refractivity contribution in [1.82, 2.24) is 19.8 Å². The van der Waals surface area contributed by atoms with Gasteiger partial charge in [0.15, 0.2) is 0 Å². The molecule has 0 bridgehead atoms. The zero-order valence-electron chi connectivity index (χ0n) is 13.0. The molecule has 1 aromatic rings. The summed E-state index contributed by atoms with van der Waals surface area (Å²) >= 11 is 1.52. The van der Waals surface area contributed by atoms with E-state index in [2.05, 4.69) is 54.4 Å². The van der Waals surface area contributed by atoms with E-state index < -0.39 is 0 Å². The number of nitrogens with zero attached hydrogens (tertiary/aromatic N) is 3. The largest absolute Gasteiger partial charge is 0.312 e. The van der Waals surface area contributed by atoms with Crippen molar-refractivity contribution in [2.75, 3.05) is 26.2 Å². The van der Waals surface area contributed by atoms with Crippen LogP contribution in [0.15, 0.2) is 0 Å². The summed E-state index contributed by atoms with van der Waals surface area (Å²) in [6.07, 6.45) is 1.19. The van der Waals surface area contributed by atoms with E-state index in [4.69, 9.17) is 0 Å². The van der Waals surface area contributed by atoms with Crippen LogP contribution in [0, 0.1) is 0 Å². The van der Waals surface area contributed by atoms with E-state index in [0.29, 0.717) is 0 Å². The minimum Gasteiger partial charge on any atom is -0.312 e. The smallest absolute Gasteiger partial charge is 0.0854 e. The van der Waals surface area contributed by atoms with Crippen LogP contribution in [-0.4, -0.2) is 40.7 Å². The Morgan fingerprint density at radius 2 is 1.89 bits per heavy atom. The number of rotatable bonds is 8. The number of hydrogen-bond acceptors (Lipinski definition) is 5. The Hall–Kier alpha value is -0.520. The lowest BCUT2D eigenvalue weighted by molar-refractivity contribution is 0.298. The van der Waals surface area contributed by atoms with Gasteiger partial charge in [-0.15, -0.1) is 5.10 Å². The molecule has 0 aliphatic rings. The molecular weight excluding hydrogens is 256 g/mol. The minimum absolute atomic E-state index is 0.0885. The highest BCUT2D eigenvalue weighted by Gasteiger charge is 2.21. The van der Waals surface area contributed by atoms with Crippen molar-refractivity contribution < 1.29 is 0 Å². The van der Waals surface area contributed by atoms with Crippen LogP contribution in [0.4, 0.5) is 0 Å². The Labute approximate surface area is 121 Å². The maximum Gasteiger partial charge on any atom is 0.0854 e. The van der Waals surface area contributed by atoms with Gasteiger partial charge in [0.1, 0.15) is 0 Å². The third-order valence-electron chi connectivity index (χ3n) is 3.27. The lowest BCUT2D eigenvalue weighted by Crippen LogP contribution is -2.27. The first-order valence-electron chi connectivity index (χ1n) is 7.23. The van der Waals surface area contributed by atoms with Crippen LogP contribution >= 0.6 is 11.5 Å². The van der Waals surface area contributed by atoms with Crippen LogP contribution in [0.25, 0.3) is 0 Å². The summed E-state index contributed by atoms with van der Waals surface area (Å²) in [5.41, 5.74) is 1.22. The fourth-order valence-electron chi connectivity index (χ4n) is 2.06. The molecule has 0 saturated carbocycles. The third kappa shape index (κ3) is 5.55. The van der Waals surface area contributed by atoms with Gasteiger partial charge < -0.3 is 10.2 Å². The van der Waals surface area contributed by atoms with Gasteiger partial charge in [-0.3, -0.25) is 0 Å². The van der Waals surface area contributed by atoms with Crippen LogP contribution in [0.1, 0.15) is 51.6 Å². The van der Waals surface area contributed by atoms with Gasteiger partial charge in [0.05, 0.1) is 10.6 Å². The molecule has 1 aromatic heterocycles. The van der Waals surface area contributed by atoms with E-state index in [9.17, 15) is 0 Å². The van der Waals surface area contributed by atoms with E-state index in [-0.39, 0.29) is 5.41 Å². The molecular formula is C14H28N4S. The molecule has 1 rings (SSSR count). The summed E-state index contributed by atoms with van der Waals surface area (Å²) < 4.78 is 4.09. The molecule has 0 saturated heterocycles. The highest BCUT2D eigenvalue weighted by atomic mass is 32.1. The second-order valence-electron chi connectivity index (χ2n) is 5.85. The van der Waals surface area contributed by atoms with Crippen LogP contribution in [0.3, 0.4) is 0 Å². The highest BCUT2D eigenvalue weighted by molar-refractivity contribution is 7.05. The quantitative estimate of drug-likeness (QED) is 0.745. The van der Waals surface area contributed by atoms with E-state index >= 15 is 0 Å². The Kier molecular flexibility index (Phi) is 6.89. The Morgan fingerprint density at radius 1 is 1.21 bits per heavy atom. The Balaban J connectivity index is 2.29. The Morgan fingerprint density at radius 3 is 2.47 bits per heavy atom.